The summed E-state index contributed by atoms with van der Waals surface area (Å²) >= 11 is 17.4. The van der Waals surface area contributed by atoms with Crippen LogP contribution in [0, 0.1) is 0 Å². The predicted octanol–water partition coefficient (Wildman–Crippen LogP) is 3.41. The van der Waals surface area contributed by atoms with Crippen LogP contribution in [0.1, 0.15) is 6.42 Å². The van der Waals surface area contributed by atoms with E-state index in [0.717, 1.165) is 0 Å². The summed E-state index contributed by atoms with van der Waals surface area (Å²) in [7, 11) is 0. The quantitative estimate of drug-likeness (QED) is 0.660. The van der Waals surface area contributed by atoms with Gasteiger partial charge in [0.05, 0.1) is 21.7 Å². The van der Waals surface area contributed by atoms with Crippen molar-refractivity contribution in [3.05, 3.63) is 27.2 Å². The highest BCUT2D eigenvalue weighted by Crippen LogP contribution is 2.33. The summed E-state index contributed by atoms with van der Waals surface area (Å²) in [6.45, 7) is 0.479. The molecule has 78 valence electrons. The Labute approximate surface area is 97.3 Å². The molecule has 0 amide bonds. The van der Waals surface area contributed by atoms with Gasteiger partial charge in [0.1, 0.15) is 5.75 Å². The van der Waals surface area contributed by atoms with Crippen molar-refractivity contribution in [3.8, 4) is 5.75 Å². The van der Waals surface area contributed by atoms with Gasteiger partial charge in [-0.3, -0.25) is 0 Å². The first kappa shape index (κ1) is 11.9. The van der Waals surface area contributed by atoms with Gasteiger partial charge in [0, 0.05) is 19.1 Å². The van der Waals surface area contributed by atoms with Gasteiger partial charge >= 0.3 is 0 Å². The van der Waals surface area contributed by atoms with Crippen molar-refractivity contribution >= 4 is 34.8 Å². The van der Waals surface area contributed by atoms with Gasteiger partial charge in [-0.2, -0.15) is 0 Å². The standard InChI is InChI=1S/C9H9Cl3O2/c10-6-4-8(12)9(5-7(6)11)14-3-1-2-13/h4-5,13H,1-3H2. The van der Waals surface area contributed by atoms with Crippen LogP contribution in [0.4, 0.5) is 0 Å². The molecule has 0 saturated carbocycles. The fraction of sp³-hybridized carbons (Fsp3) is 0.333. The molecule has 2 nitrogen and oxygen atoms in total. The summed E-state index contributed by atoms with van der Waals surface area (Å²) in [4.78, 5) is 0. The second-order valence-electron chi connectivity index (χ2n) is 2.62. The Morgan fingerprint density at radius 1 is 1.07 bits per heavy atom. The summed E-state index contributed by atoms with van der Waals surface area (Å²) < 4.78 is 5.28. The van der Waals surface area contributed by atoms with Gasteiger partial charge in [-0.1, -0.05) is 34.8 Å². The molecule has 1 aromatic carbocycles. The number of benzene rings is 1. The van der Waals surface area contributed by atoms with Crippen LogP contribution < -0.4 is 4.74 Å². The summed E-state index contributed by atoms with van der Waals surface area (Å²) in [5, 5.41) is 9.76. The molecule has 0 atom stereocenters. The third-order valence-electron chi connectivity index (χ3n) is 1.53. The van der Waals surface area contributed by atoms with Crippen LogP contribution in [0.15, 0.2) is 12.1 Å². The summed E-state index contributed by atoms with van der Waals surface area (Å²) in [5.41, 5.74) is 0. The predicted molar refractivity (Wildman–Crippen MR) is 58.7 cm³/mol. The first-order chi connectivity index (χ1) is 6.65. The fourth-order valence-corrected chi connectivity index (χ4v) is 1.45. The average Bonchev–Trinajstić information content (AvgIpc) is 2.14. The second kappa shape index (κ2) is 5.66. The van der Waals surface area contributed by atoms with E-state index < -0.39 is 0 Å². The van der Waals surface area contributed by atoms with E-state index in [-0.39, 0.29) is 6.61 Å². The Bertz CT molecular complexity index is 315. The first-order valence-electron chi connectivity index (χ1n) is 4.03. The maximum atomic E-state index is 8.55. The zero-order valence-corrected chi connectivity index (χ0v) is 9.53. The number of hydrogen-bond acceptors (Lipinski definition) is 2. The number of ether oxygens (including phenoxy) is 1. The monoisotopic (exact) mass is 254 g/mol. The molecule has 0 aromatic heterocycles. The minimum Gasteiger partial charge on any atom is -0.492 e. The van der Waals surface area contributed by atoms with E-state index in [1.165, 1.54) is 6.07 Å². The molecule has 0 radical (unpaired) electrons. The van der Waals surface area contributed by atoms with Gasteiger partial charge in [-0.15, -0.1) is 0 Å². The Hall–Kier alpha value is -0.150. The van der Waals surface area contributed by atoms with Crippen LogP contribution in [0.3, 0.4) is 0 Å². The molecule has 0 saturated heterocycles. The highest BCUT2D eigenvalue weighted by Gasteiger charge is 2.06. The van der Waals surface area contributed by atoms with E-state index in [1.807, 2.05) is 0 Å². The Morgan fingerprint density at radius 3 is 2.36 bits per heavy atom. The Morgan fingerprint density at radius 2 is 1.71 bits per heavy atom. The smallest absolute Gasteiger partial charge is 0.139 e. The van der Waals surface area contributed by atoms with Crippen LogP contribution in [0.25, 0.3) is 0 Å². The summed E-state index contributed by atoms with van der Waals surface area (Å²) in [6.07, 6.45) is 0.552. The van der Waals surface area contributed by atoms with Crippen molar-refractivity contribution in [1.82, 2.24) is 0 Å². The van der Waals surface area contributed by atoms with E-state index in [0.29, 0.717) is 33.8 Å². The van der Waals surface area contributed by atoms with Crippen LogP contribution in [0.2, 0.25) is 15.1 Å². The molecule has 0 bridgehead atoms. The van der Waals surface area contributed by atoms with E-state index >= 15 is 0 Å². The van der Waals surface area contributed by atoms with Crippen molar-refractivity contribution in [2.45, 2.75) is 6.42 Å². The molecule has 0 fully saturated rings. The maximum Gasteiger partial charge on any atom is 0.139 e. The van der Waals surface area contributed by atoms with Crippen molar-refractivity contribution in [2.24, 2.45) is 0 Å². The number of halogens is 3. The zero-order valence-electron chi connectivity index (χ0n) is 7.27. The molecule has 0 spiro atoms. The van der Waals surface area contributed by atoms with Crippen LogP contribution in [0.5, 0.6) is 5.75 Å². The molecule has 14 heavy (non-hydrogen) atoms. The molecular formula is C9H9Cl3O2. The number of hydrogen-bond donors (Lipinski definition) is 1. The van der Waals surface area contributed by atoms with Crippen LogP contribution in [-0.4, -0.2) is 18.3 Å². The molecule has 1 N–H and O–H groups in total. The largest absolute Gasteiger partial charge is 0.492 e. The van der Waals surface area contributed by atoms with Crippen molar-refractivity contribution < 1.29 is 9.84 Å². The molecule has 0 aliphatic rings. The van der Waals surface area contributed by atoms with Gasteiger partial charge < -0.3 is 9.84 Å². The zero-order chi connectivity index (χ0) is 10.6. The van der Waals surface area contributed by atoms with Crippen molar-refractivity contribution in [2.75, 3.05) is 13.2 Å². The number of rotatable bonds is 4. The number of aliphatic hydroxyl groups excluding tert-OH is 1. The molecular weight excluding hydrogens is 246 g/mol. The first-order valence-corrected chi connectivity index (χ1v) is 5.16. The molecule has 0 heterocycles. The molecule has 5 heteroatoms. The molecule has 0 aliphatic heterocycles. The fourth-order valence-electron chi connectivity index (χ4n) is 0.862. The van der Waals surface area contributed by atoms with Crippen LogP contribution in [-0.2, 0) is 0 Å². The highest BCUT2D eigenvalue weighted by molar-refractivity contribution is 6.43. The lowest BCUT2D eigenvalue weighted by Crippen LogP contribution is -2.00. The molecule has 0 aliphatic carbocycles. The topological polar surface area (TPSA) is 29.5 Å². The second-order valence-corrected chi connectivity index (χ2v) is 3.84. The van der Waals surface area contributed by atoms with Gasteiger partial charge in [0.15, 0.2) is 0 Å². The lowest BCUT2D eigenvalue weighted by atomic mass is 10.3. The van der Waals surface area contributed by atoms with Gasteiger partial charge in [-0.05, 0) is 6.07 Å². The maximum absolute atomic E-state index is 8.55. The Kier molecular flexibility index (Phi) is 4.82. The lowest BCUT2D eigenvalue weighted by Gasteiger charge is -2.08. The average molecular weight is 256 g/mol. The summed E-state index contributed by atoms with van der Waals surface area (Å²) in [6, 6.07) is 3.09. The van der Waals surface area contributed by atoms with Gasteiger partial charge in [0.25, 0.3) is 0 Å². The van der Waals surface area contributed by atoms with Gasteiger partial charge in [-0.25, -0.2) is 0 Å². The minimum atomic E-state index is 0.0823. The SMILES string of the molecule is OCCCOc1cc(Cl)c(Cl)cc1Cl. The van der Waals surface area contributed by atoms with E-state index in [1.54, 1.807) is 6.07 Å². The van der Waals surface area contributed by atoms with Crippen molar-refractivity contribution in [1.29, 1.82) is 0 Å². The van der Waals surface area contributed by atoms with E-state index in [4.69, 9.17) is 44.6 Å². The number of aliphatic hydroxyl groups is 1. The highest BCUT2D eigenvalue weighted by atomic mass is 35.5. The third kappa shape index (κ3) is 3.21. The van der Waals surface area contributed by atoms with Crippen LogP contribution >= 0.6 is 34.8 Å². The van der Waals surface area contributed by atoms with E-state index in [2.05, 4.69) is 0 Å². The lowest BCUT2D eigenvalue weighted by molar-refractivity contribution is 0.233. The summed E-state index contributed by atoms with van der Waals surface area (Å²) in [5.74, 6) is 0.481. The Balaban J connectivity index is 2.72. The minimum absolute atomic E-state index is 0.0823. The van der Waals surface area contributed by atoms with Gasteiger partial charge in [0.2, 0.25) is 0 Å². The molecule has 1 aromatic rings. The van der Waals surface area contributed by atoms with Crippen molar-refractivity contribution in [3.63, 3.8) is 0 Å². The normalized spacial score (nSPS) is 10.3. The van der Waals surface area contributed by atoms with E-state index in [9.17, 15) is 0 Å². The molecule has 0 unspecified atom stereocenters. The molecule has 1 rings (SSSR count). The third-order valence-corrected chi connectivity index (χ3v) is 2.55.